The second-order valence-corrected chi connectivity index (χ2v) is 7.09. The molecule has 9 heteroatoms. The van der Waals surface area contributed by atoms with Gasteiger partial charge in [0.05, 0.1) is 19.8 Å². The summed E-state index contributed by atoms with van der Waals surface area (Å²) in [5, 5.41) is 3.30. The van der Waals surface area contributed by atoms with E-state index in [0.29, 0.717) is 11.3 Å². The number of rotatable bonds is 9. The van der Waals surface area contributed by atoms with Crippen LogP contribution in [0.5, 0.6) is 0 Å². The molecule has 156 valence electrons. The van der Waals surface area contributed by atoms with E-state index in [4.69, 9.17) is 19.9 Å². The van der Waals surface area contributed by atoms with Gasteiger partial charge in [-0.25, -0.2) is 14.4 Å². The largest absolute Gasteiger partial charge is 0.465 e. The first-order valence-corrected chi connectivity index (χ1v) is 9.83. The van der Waals surface area contributed by atoms with E-state index in [1.165, 1.54) is 14.2 Å². The first-order valence-electron chi connectivity index (χ1n) is 9.02. The average molecular weight is 420 g/mol. The second kappa shape index (κ2) is 10.5. The van der Waals surface area contributed by atoms with Crippen LogP contribution in [0.1, 0.15) is 55.7 Å². The number of hydrogen-bond donors (Lipinski definition) is 2. The molecule has 1 aromatic heterocycles. The minimum absolute atomic E-state index is 0.0000518. The molecular formula is C20H24N2O6S. The molecule has 0 atom stereocenters. The van der Waals surface area contributed by atoms with Crippen LogP contribution in [0.15, 0.2) is 24.3 Å². The van der Waals surface area contributed by atoms with Crippen molar-refractivity contribution in [3.05, 3.63) is 45.8 Å². The molecule has 29 heavy (non-hydrogen) atoms. The molecule has 8 nitrogen and oxygen atoms in total. The van der Waals surface area contributed by atoms with E-state index in [0.717, 1.165) is 30.7 Å². The van der Waals surface area contributed by atoms with Crippen molar-refractivity contribution in [2.45, 2.75) is 26.4 Å². The van der Waals surface area contributed by atoms with Crippen molar-refractivity contribution in [3.63, 3.8) is 0 Å². The van der Waals surface area contributed by atoms with E-state index in [1.54, 1.807) is 18.2 Å². The van der Waals surface area contributed by atoms with Crippen LogP contribution < -0.4 is 11.1 Å². The van der Waals surface area contributed by atoms with Gasteiger partial charge < -0.3 is 25.3 Å². The third-order valence-corrected chi connectivity index (χ3v) is 5.18. The number of carbonyl (C=O) groups is 3. The van der Waals surface area contributed by atoms with Gasteiger partial charge in [0.2, 0.25) is 0 Å². The number of esters is 3. The summed E-state index contributed by atoms with van der Waals surface area (Å²) in [7, 11) is 2.41. The van der Waals surface area contributed by atoms with Gasteiger partial charge in [-0.15, -0.1) is 11.3 Å². The summed E-state index contributed by atoms with van der Waals surface area (Å²) in [6, 6.07) is 6.97. The molecule has 0 saturated carbocycles. The SMILES string of the molecule is CCCCNc1ccccc1C(=O)OCc1c(C(=O)OC)sc(N)c1C(=O)OC. The van der Waals surface area contributed by atoms with Crippen LogP contribution in [0.4, 0.5) is 10.7 Å². The molecule has 0 aliphatic carbocycles. The van der Waals surface area contributed by atoms with E-state index in [9.17, 15) is 14.4 Å². The smallest absolute Gasteiger partial charge is 0.348 e. The monoisotopic (exact) mass is 420 g/mol. The zero-order chi connectivity index (χ0) is 21.4. The van der Waals surface area contributed by atoms with E-state index in [-0.39, 0.29) is 27.6 Å². The average Bonchev–Trinajstić information content (AvgIpc) is 3.07. The molecule has 0 bridgehead atoms. The molecule has 0 saturated heterocycles. The molecule has 0 fully saturated rings. The lowest BCUT2D eigenvalue weighted by Gasteiger charge is -2.12. The Morgan fingerprint density at radius 1 is 1.07 bits per heavy atom. The summed E-state index contributed by atoms with van der Waals surface area (Å²) in [4.78, 5) is 36.9. The highest BCUT2D eigenvalue weighted by atomic mass is 32.1. The molecule has 2 aromatic rings. The van der Waals surface area contributed by atoms with E-state index in [1.807, 2.05) is 6.07 Å². The fraction of sp³-hybridized carbons (Fsp3) is 0.350. The Balaban J connectivity index is 2.26. The molecule has 0 radical (unpaired) electrons. The molecule has 1 heterocycles. The fourth-order valence-corrected chi connectivity index (χ4v) is 3.62. The highest BCUT2D eigenvalue weighted by Gasteiger charge is 2.28. The first kappa shape index (κ1) is 22.2. The number of ether oxygens (including phenoxy) is 3. The zero-order valence-electron chi connectivity index (χ0n) is 16.6. The fourth-order valence-electron chi connectivity index (χ4n) is 2.64. The van der Waals surface area contributed by atoms with Crippen LogP contribution >= 0.6 is 11.3 Å². The Bertz CT molecular complexity index is 893. The highest BCUT2D eigenvalue weighted by Crippen LogP contribution is 2.33. The van der Waals surface area contributed by atoms with Gasteiger partial charge in [0.25, 0.3) is 0 Å². The van der Waals surface area contributed by atoms with E-state index >= 15 is 0 Å². The van der Waals surface area contributed by atoms with E-state index < -0.39 is 17.9 Å². The maximum absolute atomic E-state index is 12.7. The van der Waals surface area contributed by atoms with Crippen molar-refractivity contribution in [1.29, 1.82) is 0 Å². The number of methoxy groups -OCH3 is 2. The molecule has 0 aliphatic heterocycles. The Hall–Kier alpha value is -3.07. The molecule has 2 rings (SSSR count). The number of para-hydroxylation sites is 1. The number of nitrogens with one attached hydrogen (secondary N) is 1. The third kappa shape index (κ3) is 5.26. The summed E-state index contributed by atoms with van der Waals surface area (Å²) in [6.45, 7) is 2.47. The van der Waals surface area contributed by atoms with Crippen molar-refractivity contribution in [1.82, 2.24) is 0 Å². The van der Waals surface area contributed by atoms with Crippen LogP contribution in [0.25, 0.3) is 0 Å². The third-order valence-electron chi connectivity index (χ3n) is 4.13. The molecular weight excluding hydrogens is 396 g/mol. The molecule has 0 spiro atoms. The maximum Gasteiger partial charge on any atom is 0.348 e. The maximum atomic E-state index is 12.7. The quantitative estimate of drug-likeness (QED) is 0.360. The minimum Gasteiger partial charge on any atom is -0.465 e. The lowest BCUT2D eigenvalue weighted by atomic mass is 10.1. The number of anilines is 2. The van der Waals surface area contributed by atoms with Gasteiger partial charge in [0, 0.05) is 17.8 Å². The van der Waals surface area contributed by atoms with Crippen LogP contribution in [0, 0.1) is 0 Å². The molecule has 0 unspecified atom stereocenters. The summed E-state index contributed by atoms with van der Waals surface area (Å²) >= 11 is 0.880. The summed E-state index contributed by atoms with van der Waals surface area (Å²) in [5.41, 5.74) is 7.05. The lowest BCUT2D eigenvalue weighted by molar-refractivity contribution is 0.0453. The molecule has 0 amide bonds. The molecule has 3 N–H and O–H groups in total. The van der Waals surface area contributed by atoms with Gasteiger partial charge in [-0.2, -0.15) is 0 Å². The number of unbranched alkanes of at least 4 members (excludes halogenated alkanes) is 1. The van der Waals surface area contributed by atoms with Crippen molar-refractivity contribution in [2.24, 2.45) is 0 Å². The predicted octanol–water partition coefficient (Wildman–Crippen LogP) is 3.47. The van der Waals surface area contributed by atoms with Gasteiger partial charge in [-0.05, 0) is 18.6 Å². The van der Waals surface area contributed by atoms with Gasteiger partial charge in [0.15, 0.2) is 0 Å². The summed E-state index contributed by atoms with van der Waals surface area (Å²) in [5.74, 6) is -1.99. The normalized spacial score (nSPS) is 10.3. The molecule has 1 aromatic carbocycles. The zero-order valence-corrected chi connectivity index (χ0v) is 17.4. The standard InChI is InChI=1S/C20H24N2O6S/c1-4-5-10-22-14-9-7-6-8-12(14)18(23)28-11-13-15(19(24)26-2)17(21)29-16(13)20(25)27-3/h6-9,22H,4-5,10-11,21H2,1-3H3. The topological polar surface area (TPSA) is 117 Å². The van der Waals surface area contributed by atoms with Gasteiger partial charge >= 0.3 is 17.9 Å². The number of carbonyl (C=O) groups excluding carboxylic acids is 3. The Labute approximate surface area is 172 Å². The Morgan fingerprint density at radius 2 is 1.76 bits per heavy atom. The van der Waals surface area contributed by atoms with E-state index in [2.05, 4.69) is 12.2 Å². The van der Waals surface area contributed by atoms with Gasteiger partial charge in [-0.3, -0.25) is 0 Å². The van der Waals surface area contributed by atoms with Crippen molar-refractivity contribution >= 4 is 39.9 Å². The number of nitrogen functional groups attached to an aromatic ring is 1. The van der Waals surface area contributed by atoms with Crippen molar-refractivity contribution in [3.8, 4) is 0 Å². The van der Waals surface area contributed by atoms with Gasteiger partial charge in [0.1, 0.15) is 22.0 Å². The van der Waals surface area contributed by atoms with Crippen LogP contribution in [0.3, 0.4) is 0 Å². The lowest BCUT2D eigenvalue weighted by Crippen LogP contribution is -2.14. The number of thiophene rings is 1. The first-order chi connectivity index (χ1) is 13.9. The van der Waals surface area contributed by atoms with Crippen molar-refractivity contribution < 1.29 is 28.6 Å². The summed E-state index contributed by atoms with van der Waals surface area (Å²) < 4.78 is 14.9. The number of benzene rings is 1. The Kier molecular flexibility index (Phi) is 8.02. The number of hydrogen-bond acceptors (Lipinski definition) is 9. The predicted molar refractivity (Wildman–Crippen MR) is 110 cm³/mol. The van der Waals surface area contributed by atoms with Crippen LogP contribution in [-0.4, -0.2) is 38.7 Å². The molecule has 0 aliphatic rings. The van der Waals surface area contributed by atoms with Crippen LogP contribution in [-0.2, 0) is 20.8 Å². The summed E-state index contributed by atoms with van der Waals surface area (Å²) in [6.07, 6.45) is 1.98. The Morgan fingerprint density at radius 3 is 2.41 bits per heavy atom. The second-order valence-electron chi connectivity index (χ2n) is 6.03. The van der Waals surface area contributed by atoms with Gasteiger partial charge in [-0.1, -0.05) is 25.5 Å². The van der Waals surface area contributed by atoms with Crippen molar-refractivity contribution in [2.75, 3.05) is 31.8 Å². The highest BCUT2D eigenvalue weighted by molar-refractivity contribution is 7.18. The number of nitrogens with two attached hydrogens (primary N) is 1. The minimum atomic E-state index is -0.721. The van der Waals surface area contributed by atoms with Crippen LogP contribution in [0.2, 0.25) is 0 Å².